The first kappa shape index (κ1) is 13.9. The van der Waals surface area contributed by atoms with E-state index in [9.17, 15) is 4.39 Å². The van der Waals surface area contributed by atoms with Crippen LogP contribution < -0.4 is 10.6 Å². The van der Waals surface area contributed by atoms with Gasteiger partial charge in [0.25, 0.3) is 0 Å². The Labute approximate surface area is 118 Å². The standard InChI is InChI=1S/C16H16FN3/c1-11(14-5-3-4-6-15(14)17)20(2)13-7-8-16(19)12(9-13)10-18/h3-9,11H,19H2,1-2H3. The minimum atomic E-state index is -0.234. The molecule has 102 valence electrons. The van der Waals surface area contributed by atoms with E-state index in [-0.39, 0.29) is 11.9 Å². The molecule has 0 spiro atoms. The summed E-state index contributed by atoms with van der Waals surface area (Å²) < 4.78 is 13.8. The summed E-state index contributed by atoms with van der Waals surface area (Å²) in [4.78, 5) is 1.92. The van der Waals surface area contributed by atoms with Crippen LogP contribution in [0.15, 0.2) is 42.5 Å². The summed E-state index contributed by atoms with van der Waals surface area (Å²) in [6.07, 6.45) is 0. The number of nitrogen functional groups attached to an aromatic ring is 1. The van der Waals surface area contributed by atoms with E-state index in [1.807, 2.05) is 31.0 Å². The zero-order valence-corrected chi connectivity index (χ0v) is 11.5. The smallest absolute Gasteiger partial charge is 0.128 e. The molecule has 1 unspecified atom stereocenters. The van der Waals surface area contributed by atoms with Crippen molar-refractivity contribution >= 4 is 11.4 Å². The third-order valence-corrected chi connectivity index (χ3v) is 3.50. The molecule has 0 aliphatic heterocycles. The monoisotopic (exact) mass is 269 g/mol. The van der Waals surface area contributed by atoms with Crippen LogP contribution in [-0.4, -0.2) is 7.05 Å². The molecule has 0 saturated heterocycles. The van der Waals surface area contributed by atoms with Gasteiger partial charge in [0.1, 0.15) is 11.9 Å². The third kappa shape index (κ3) is 2.57. The molecule has 0 amide bonds. The second-order valence-electron chi connectivity index (χ2n) is 4.69. The van der Waals surface area contributed by atoms with Crippen LogP contribution in [0.3, 0.4) is 0 Å². The molecule has 1 atom stereocenters. The maximum Gasteiger partial charge on any atom is 0.128 e. The van der Waals surface area contributed by atoms with Gasteiger partial charge in [-0.15, -0.1) is 0 Å². The first-order chi connectivity index (χ1) is 9.54. The third-order valence-electron chi connectivity index (χ3n) is 3.50. The number of anilines is 2. The highest BCUT2D eigenvalue weighted by molar-refractivity contribution is 5.63. The van der Waals surface area contributed by atoms with E-state index >= 15 is 0 Å². The topological polar surface area (TPSA) is 53.0 Å². The van der Waals surface area contributed by atoms with Crippen LogP contribution >= 0.6 is 0 Å². The van der Waals surface area contributed by atoms with E-state index in [0.717, 1.165) is 5.69 Å². The van der Waals surface area contributed by atoms with Crippen LogP contribution in [-0.2, 0) is 0 Å². The SMILES string of the molecule is CC(c1ccccc1F)N(C)c1ccc(N)c(C#N)c1. The van der Waals surface area contributed by atoms with Crippen molar-refractivity contribution in [2.75, 3.05) is 17.7 Å². The first-order valence-corrected chi connectivity index (χ1v) is 6.31. The van der Waals surface area contributed by atoms with Gasteiger partial charge in [-0.2, -0.15) is 5.26 Å². The van der Waals surface area contributed by atoms with Gasteiger partial charge in [-0.25, -0.2) is 4.39 Å². The molecular weight excluding hydrogens is 253 g/mol. The summed E-state index contributed by atoms with van der Waals surface area (Å²) in [6, 6.07) is 13.8. The minimum absolute atomic E-state index is 0.147. The maximum atomic E-state index is 13.8. The molecule has 20 heavy (non-hydrogen) atoms. The molecule has 0 saturated carbocycles. The molecule has 0 fully saturated rings. The quantitative estimate of drug-likeness (QED) is 0.868. The zero-order chi connectivity index (χ0) is 14.7. The van der Waals surface area contributed by atoms with Gasteiger partial charge < -0.3 is 10.6 Å². The molecule has 0 aliphatic carbocycles. The van der Waals surface area contributed by atoms with Crippen molar-refractivity contribution in [2.45, 2.75) is 13.0 Å². The molecule has 0 aromatic heterocycles. The molecule has 2 N–H and O–H groups in total. The molecule has 3 nitrogen and oxygen atoms in total. The predicted molar refractivity (Wildman–Crippen MR) is 78.8 cm³/mol. The summed E-state index contributed by atoms with van der Waals surface area (Å²) in [6.45, 7) is 1.92. The Balaban J connectivity index is 2.34. The summed E-state index contributed by atoms with van der Waals surface area (Å²) in [5.41, 5.74) is 8.03. The largest absolute Gasteiger partial charge is 0.398 e. The Morgan fingerprint density at radius 1 is 1.25 bits per heavy atom. The van der Waals surface area contributed by atoms with Gasteiger partial charge in [0.15, 0.2) is 0 Å². The fourth-order valence-corrected chi connectivity index (χ4v) is 2.11. The van der Waals surface area contributed by atoms with Gasteiger partial charge in [0.05, 0.1) is 11.6 Å². The van der Waals surface area contributed by atoms with Gasteiger partial charge in [0, 0.05) is 24.0 Å². The Hall–Kier alpha value is -2.54. The number of nitrogens with two attached hydrogens (primary N) is 1. The first-order valence-electron chi connectivity index (χ1n) is 6.31. The van der Waals surface area contributed by atoms with Crippen LogP contribution in [0, 0.1) is 17.1 Å². The van der Waals surface area contributed by atoms with Crippen molar-refractivity contribution in [2.24, 2.45) is 0 Å². The fraction of sp³-hybridized carbons (Fsp3) is 0.188. The zero-order valence-electron chi connectivity index (χ0n) is 11.5. The van der Waals surface area contributed by atoms with Crippen molar-refractivity contribution < 1.29 is 4.39 Å². The lowest BCUT2D eigenvalue weighted by Gasteiger charge is -2.28. The summed E-state index contributed by atoms with van der Waals surface area (Å²) in [5.74, 6) is -0.234. The van der Waals surface area contributed by atoms with Gasteiger partial charge in [0.2, 0.25) is 0 Å². The molecule has 2 aromatic rings. The van der Waals surface area contributed by atoms with Crippen molar-refractivity contribution in [3.63, 3.8) is 0 Å². The molecule has 2 rings (SSSR count). The van der Waals surface area contributed by atoms with Crippen LogP contribution in [0.4, 0.5) is 15.8 Å². The second kappa shape index (κ2) is 5.62. The number of nitrogens with zero attached hydrogens (tertiary/aromatic N) is 2. The molecule has 0 radical (unpaired) electrons. The van der Waals surface area contributed by atoms with Crippen molar-refractivity contribution in [1.82, 2.24) is 0 Å². The highest BCUT2D eigenvalue weighted by Gasteiger charge is 2.16. The lowest BCUT2D eigenvalue weighted by atomic mass is 10.1. The van der Waals surface area contributed by atoms with Crippen LogP contribution in [0.5, 0.6) is 0 Å². The highest BCUT2D eigenvalue weighted by atomic mass is 19.1. The molecule has 0 aliphatic rings. The lowest BCUT2D eigenvalue weighted by molar-refractivity contribution is 0.585. The van der Waals surface area contributed by atoms with E-state index < -0.39 is 0 Å². The van der Waals surface area contributed by atoms with Crippen LogP contribution in [0.1, 0.15) is 24.1 Å². The Morgan fingerprint density at radius 2 is 1.95 bits per heavy atom. The number of hydrogen-bond donors (Lipinski definition) is 1. The second-order valence-corrected chi connectivity index (χ2v) is 4.69. The van der Waals surface area contributed by atoms with Crippen LogP contribution in [0.25, 0.3) is 0 Å². The van der Waals surface area contributed by atoms with Gasteiger partial charge in [-0.05, 0) is 31.2 Å². The summed E-state index contributed by atoms with van der Waals surface area (Å²) in [5, 5.41) is 9.02. The molecule has 2 aromatic carbocycles. The summed E-state index contributed by atoms with van der Waals surface area (Å²) >= 11 is 0. The maximum absolute atomic E-state index is 13.8. The molecule has 0 bridgehead atoms. The van der Waals surface area contributed by atoms with Gasteiger partial charge in [-0.3, -0.25) is 0 Å². The molecular formula is C16H16FN3. The Bertz CT molecular complexity index is 661. The number of nitriles is 1. The average Bonchev–Trinajstić information content (AvgIpc) is 2.47. The van der Waals surface area contributed by atoms with Crippen molar-refractivity contribution in [3.05, 3.63) is 59.4 Å². The summed E-state index contributed by atoms with van der Waals surface area (Å²) in [7, 11) is 1.86. The van der Waals surface area contributed by atoms with Gasteiger partial charge in [-0.1, -0.05) is 18.2 Å². The van der Waals surface area contributed by atoms with Crippen molar-refractivity contribution in [3.8, 4) is 6.07 Å². The lowest BCUT2D eigenvalue weighted by Crippen LogP contribution is -2.22. The Kier molecular flexibility index (Phi) is 3.90. The predicted octanol–water partition coefficient (Wildman–Crippen LogP) is 3.48. The molecule has 4 heteroatoms. The van der Waals surface area contributed by atoms with Crippen LogP contribution in [0.2, 0.25) is 0 Å². The van der Waals surface area contributed by atoms with Crippen molar-refractivity contribution in [1.29, 1.82) is 5.26 Å². The van der Waals surface area contributed by atoms with E-state index in [2.05, 4.69) is 6.07 Å². The number of benzene rings is 2. The minimum Gasteiger partial charge on any atom is -0.398 e. The van der Waals surface area contributed by atoms with Gasteiger partial charge >= 0.3 is 0 Å². The highest BCUT2D eigenvalue weighted by Crippen LogP contribution is 2.28. The fourth-order valence-electron chi connectivity index (χ4n) is 2.11. The number of rotatable bonds is 3. The van der Waals surface area contributed by atoms with E-state index in [0.29, 0.717) is 16.8 Å². The van der Waals surface area contributed by atoms with E-state index in [1.54, 1.807) is 24.3 Å². The molecule has 0 heterocycles. The average molecular weight is 269 g/mol. The van der Waals surface area contributed by atoms with E-state index in [4.69, 9.17) is 11.0 Å². The number of hydrogen-bond acceptors (Lipinski definition) is 3. The van der Waals surface area contributed by atoms with E-state index in [1.165, 1.54) is 6.07 Å². The number of halogens is 1. The Morgan fingerprint density at radius 3 is 2.60 bits per heavy atom. The normalized spacial score (nSPS) is 11.7.